The molecular formula is C13H17ClN2O2. The Labute approximate surface area is 112 Å². The van der Waals surface area contributed by atoms with Crippen molar-refractivity contribution in [3.05, 3.63) is 28.8 Å². The molecule has 2 rings (SSSR count). The lowest BCUT2D eigenvalue weighted by atomic mass is 10.1. The smallest absolute Gasteiger partial charge is 0.319 e. The minimum atomic E-state index is -0.202. The van der Waals surface area contributed by atoms with Gasteiger partial charge in [-0.25, -0.2) is 4.79 Å². The molecule has 0 unspecified atom stereocenters. The van der Waals surface area contributed by atoms with Crippen molar-refractivity contribution in [3.8, 4) is 0 Å². The third-order valence-electron chi connectivity index (χ3n) is 3.09. The average molecular weight is 269 g/mol. The molecule has 0 spiro atoms. The molecule has 1 aromatic carbocycles. The molecule has 1 aliphatic rings. The number of hydrogen-bond donors (Lipinski definition) is 2. The average Bonchev–Trinajstić information content (AvgIpc) is 2.86. The maximum absolute atomic E-state index is 11.7. The Bertz CT molecular complexity index is 431. The molecule has 1 fully saturated rings. The Morgan fingerprint density at radius 3 is 3.11 bits per heavy atom. The summed E-state index contributed by atoms with van der Waals surface area (Å²) in [5.74, 6) is 0.427. The van der Waals surface area contributed by atoms with Crippen LogP contribution in [-0.4, -0.2) is 25.8 Å². The monoisotopic (exact) mass is 268 g/mol. The number of urea groups is 1. The second-order valence-corrected chi connectivity index (χ2v) is 4.88. The number of carbonyl (C=O) groups excluding carboxylic acids is 1. The van der Waals surface area contributed by atoms with Crippen molar-refractivity contribution < 1.29 is 9.53 Å². The van der Waals surface area contributed by atoms with E-state index in [1.807, 2.05) is 19.1 Å². The summed E-state index contributed by atoms with van der Waals surface area (Å²) in [7, 11) is 0. The molecule has 98 valence electrons. The first-order valence-corrected chi connectivity index (χ1v) is 6.42. The highest BCUT2D eigenvalue weighted by molar-refractivity contribution is 6.31. The Morgan fingerprint density at radius 2 is 2.39 bits per heavy atom. The summed E-state index contributed by atoms with van der Waals surface area (Å²) >= 11 is 5.99. The van der Waals surface area contributed by atoms with Gasteiger partial charge in [0.05, 0.1) is 6.61 Å². The van der Waals surface area contributed by atoms with Crippen LogP contribution in [0.2, 0.25) is 5.02 Å². The predicted molar refractivity (Wildman–Crippen MR) is 72.1 cm³/mol. The number of nitrogens with one attached hydrogen (secondary N) is 2. The zero-order chi connectivity index (χ0) is 13.0. The van der Waals surface area contributed by atoms with E-state index in [0.717, 1.165) is 30.9 Å². The lowest BCUT2D eigenvalue weighted by Gasteiger charge is -2.12. The normalized spacial score (nSPS) is 18.7. The van der Waals surface area contributed by atoms with E-state index in [9.17, 15) is 4.79 Å². The Hall–Kier alpha value is -1.26. The van der Waals surface area contributed by atoms with Gasteiger partial charge in [-0.15, -0.1) is 0 Å². The van der Waals surface area contributed by atoms with E-state index in [1.165, 1.54) is 0 Å². The van der Waals surface area contributed by atoms with Crippen LogP contribution in [0.5, 0.6) is 0 Å². The first-order chi connectivity index (χ1) is 8.66. The first kappa shape index (κ1) is 13.2. The molecule has 0 saturated carbocycles. The summed E-state index contributed by atoms with van der Waals surface area (Å²) in [6, 6.07) is 5.25. The Balaban J connectivity index is 1.84. The number of amides is 2. The van der Waals surface area contributed by atoms with Crippen LogP contribution in [0, 0.1) is 12.8 Å². The van der Waals surface area contributed by atoms with Gasteiger partial charge in [-0.05, 0) is 31.0 Å². The van der Waals surface area contributed by atoms with Gasteiger partial charge >= 0.3 is 6.03 Å². The second-order valence-electron chi connectivity index (χ2n) is 4.48. The third kappa shape index (κ3) is 3.37. The molecule has 1 saturated heterocycles. The number of hydrogen-bond acceptors (Lipinski definition) is 2. The van der Waals surface area contributed by atoms with E-state index in [1.54, 1.807) is 6.07 Å². The largest absolute Gasteiger partial charge is 0.381 e. The van der Waals surface area contributed by atoms with Crippen molar-refractivity contribution in [2.24, 2.45) is 5.92 Å². The van der Waals surface area contributed by atoms with E-state index in [2.05, 4.69) is 10.6 Å². The lowest BCUT2D eigenvalue weighted by molar-refractivity contribution is 0.185. The topological polar surface area (TPSA) is 50.4 Å². The molecule has 0 aromatic heterocycles. The molecule has 1 atom stereocenters. The quantitative estimate of drug-likeness (QED) is 0.886. The van der Waals surface area contributed by atoms with Gasteiger partial charge < -0.3 is 15.4 Å². The molecule has 5 heteroatoms. The highest BCUT2D eigenvalue weighted by Crippen LogP contribution is 2.22. The molecule has 1 aromatic rings. The van der Waals surface area contributed by atoms with Crippen molar-refractivity contribution in [1.29, 1.82) is 0 Å². The summed E-state index contributed by atoms with van der Waals surface area (Å²) in [6.07, 6.45) is 1.01. The zero-order valence-corrected chi connectivity index (χ0v) is 11.1. The van der Waals surface area contributed by atoms with Crippen molar-refractivity contribution in [1.82, 2.24) is 5.32 Å². The number of rotatable bonds is 3. The van der Waals surface area contributed by atoms with E-state index in [-0.39, 0.29) is 6.03 Å². The van der Waals surface area contributed by atoms with Crippen molar-refractivity contribution >= 4 is 23.3 Å². The standard InChI is InChI=1S/C13H17ClN2O2/c1-9-11(14)3-2-4-12(9)16-13(17)15-7-10-5-6-18-8-10/h2-4,10H,5-8H2,1H3,(H2,15,16,17)/t10-/m1/s1. The van der Waals surface area contributed by atoms with Crippen molar-refractivity contribution in [2.45, 2.75) is 13.3 Å². The van der Waals surface area contributed by atoms with Gasteiger partial charge in [-0.3, -0.25) is 0 Å². The molecule has 0 radical (unpaired) electrons. The summed E-state index contributed by atoms with van der Waals surface area (Å²) in [5, 5.41) is 6.30. The number of carbonyl (C=O) groups is 1. The van der Waals surface area contributed by atoms with Crippen LogP contribution in [0.3, 0.4) is 0 Å². The van der Waals surface area contributed by atoms with Crippen LogP contribution in [-0.2, 0) is 4.74 Å². The van der Waals surface area contributed by atoms with E-state index < -0.39 is 0 Å². The number of anilines is 1. The van der Waals surface area contributed by atoms with Crippen LogP contribution in [0.1, 0.15) is 12.0 Å². The maximum Gasteiger partial charge on any atom is 0.319 e. The summed E-state index contributed by atoms with van der Waals surface area (Å²) in [4.78, 5) is 11.7. The number of halogens is 1. The molecular weight excluding hydrogens is 252 g/mol. The van der Waals surface area contributed by atoms with Gasteiger partial charge in [0.2, 0.25) is 0 Å². The molecule has 2 amide bonds. The molecule has 0 aliphatic carbocycles. The Kier molecular flexibility index (Phi) is 4.44. The molecule has 1 aliphatic heterocycles. The van der Waals surface area contributed by atoms with Gasteiger partial charge in [0, 0.05) is 29.8 Å². The summed E-state index contributed by atoms with van der Waals surface area (Å²) < 4.78 is 5.25. The van der Waals surface area contributed by atoms with Gasteiger partial charge in [-0.1, -0.05) is 17.7 Å². The van der Waals surface area contributed by atoms with Gasteiger partial charge in [0.15, 0.2) is 0 Å². The molecule has 18 heavy (non-hydrogen) atoms. The predicted octanol–water partition coefficient (Wildman–Crippen LogP) is 2.81. The van der Waals surface area contributed by atoms with Crippen molar-refractivity contribution in [3.63, 3.8) is 0 Å². The Morgan fingerprint density at radius 1 is 1.56 bits per heavy atom. The second kappa shape index (κ2) is 6.07. The zero-order valence-electron chi connectivity index (χ0n) is 10.3. The highest BCUT2D eigenvalue weighted by Gasteiger charge is 2.16. The highest BCUT2D eigenvalue weighted by atomic mass is 35.5. The van der Waals surface area contributed by atoms with E-state index >= 15 is 0 Å². The first-order valence-electron chi connectivity index (χ1n) is 6.04. The SMILES string of the molecule is Cc1c(Cl)cccc1NC(=O)NC[C@H]1CCOC1. The van der Waals surface area contributed by atoms with E-state index in [4.69, 9.17) is 16.3 Å². The fraction of sp³-hybridized carbons (Fsp3) is 0.462. The van der Waals surface area contributed by atoms with Crippen LogP contribution >= 0.6 is 11.6 Å². The fourth-order valence-electron chi connectivity index (χ4n) is 1.89. The van der Waals surface area contributed by atoms with Crippen LogP contribution in [0.4, 0.5) is 10.5 Å². The van der Waals surface area contributed by atoms with Crippen LogP contribution < -0.4 is 10.6 Å². The summed E-state index contributed by atoms with van der Waals surface area (Å²) in [5.41, 5.74) is 1.61. The fourth-order valence-corrected chi connectivity index (χ4v) is 2.07. The van der Waals surface area contributed by atoms with Gasteiger partial charge in [0.1, 0.15) is 0 Å². The minimum Gasteiger partial charge on any atom is -0.381 e. The lowest BCUT2D eigenvalue weighted by Crippen LogP contribution is -2.33. The van der Waals surface area contributed by atoms with Crippen LogP contribution in [0.15, 0.2) is 18.2 Å². The van der Waals surface area contributed by atoms with Crippen molar-refractivity contribution in [2.75, 3.05) is 25.1 Å². The molecule has 4 nitrogen and oxygen atoms in total. The number of benzene rings is 1. The van der Waals surface area contributed by atoms with Gasteiger partial charge in [0.25, 0.3) is 0 Å². The molecule has 2 N–H and O–H groups in total. The van der Waals surface area contributed by atoms with Gasteiger partial charge in [-0.2, -0.15) is 0 Å². The summed E-state index contributed by atoms with van der Waals surface area (Å²) in [6.45, 7) is 4.05. The maximum atomic E-state index is 11.7. The number of ether oxygens (including phenoxy) is 1. The van der Waals surface area contributed by atoms with Crippen LogP contribution in [0.25, 0.3) is 0 Å². The minimum absolute atomic E-state index is 0.202. The third-order valence-corrected chi connectivity index (χ3v) is 3.50. The van der Waals surface area contributed by atoms with E-state index in [0.29, 0.717) is 17.5 Å². The molecule has 0 bridgehead atoms. The molecule has 1 heterocycles.